The monoisotopic (exact) mass is 366 g/mol. The summed E-state index contributed by atoms with van der Waals surface area (Å²) in [6, 6.07) is 13.2. The van der Waals surface area contributed by atoms with Crippen molar-refractivity contribution in [1.29, 1.82) is 0 Å². The van der Waals surface area contributed by atoms with Crippen LogP contribution in [0, 0.1) is 0 Å². The second kappa shape index (κ2) is 7.69. The number of benzene rings is 2. The van der Waals surface area contributed by atoms with Crippen LogP contribution < -0.4 is 21.1 Å². The maximum Gasteiger partial charge on any atom is 0.290 e. The predicted molar refractivity (Wildman–Crippen MR) is 99.6 cm³/mol. The zero-order chi connectivity index (χ0) is 19.4. The van der Waals surface area contributed by atoms with E-state index in [1.54, 1.807) is 55.5 Å². The smallest absolute Gasteiger partial charge is 0.290 e. The first kappa shape index (κ1) is 18.1. The minimum Gasteiger partial charge on any atom is -0.497 e. The lowest BCUT2D eigenvalue weighted by atomic mass is 10.1. The van der Waals surface area contributed by atoms with Crippen LogP contribution in [0.5, 0.6) is 5.75 Å². The van der Waals surface area contributed by atoms with E-state index in [0.29, 0.717) is 28.6 Å². The molecule has 0 unspecified atom stereocenters. The number of ether oxygens (including phenoxy) is 1. The third kappa shape index (κ3) is 3.64. The molecule has 8 nitrogen and oxygen atoms in total. The van der Waals surface area contributed by atoms with Gasteiger partial charge in [-0.2, -0.15) is 5.10 Å². The number of carbonyl (C=O) groups excluding carboxylic acids is 2. The molecule has 0 aliphatic carbocycles. The van der Waals surface area contributed by atoms with Crippen molar-refractivity contribution in [2.24, 2.45) is 0 Å². The number of aryl methyl sites for hydroxylation is 1. The lowest BCUT2D eigenvalue weighted by molar-refractivity contribution is 0.0843. The molecule has 0 aliphatic rings. The Kier molecular flexibility index (Phi) is 5.16. The molecule has 2 N–H and O–H groups in total. The molecule has 1 aromatic heterocycles. The molecular weight excluding hydrogens is 348 g/mol. The molecule has 3 rings (SSSR count). The normalized spacial score (nSPS) is 10.4. The molecule has 8 heteroatoms. The van der Waals surface area contributed by atoms with E-state index < -0.39 is 11.8 Å². The predicted octanol–water partition coefficient (Wildman–Crippen LogP) is 1.50. The van der Waals surface area contributed by atoms with Crippen molar-refractivity contribution in [3.05, 3.63) is 70.1 Å². The molecule has 0 aliphatic heterocycles. The summed E-state index contributed by atoms with van der Waals surface area (Å²) in [5.74, 6) is -0.600. The number of nitrogens with one attached hydrogen (secondary N) is 2. The lowest BCUT2D eigenvalue weighted by Gasteiger charge is -2.11. The zero-order valence-electron chi connectivity index (χ0n) is 14.9. The molecule has 0 radical (unpaired) electrons. The summed E-state index contributed by atoms with van der Waals surface area (Å²) >= 11 is 0. The van der Waals surface area contributed by atoms with Crippen LogP contribution in [-0.2, 0) is 6.54 Å². The molecule has 2 amide bonds. The highest BCUT2D eigenvalue weighted by molar-refractivity contribution is 6.06. The highest BCUT2D eigenvalue weighted by Crippen LogP contribution is 2.14. The summed E-state index contributed by atoms with van der Waals surface area (Å²) in [7, 11) is 1.50. The van der Waals surface area contributed by atoms with Crippen molar-refractivity contribution in [3.63, 3.8) is 0 Å². The zero-order valence-corrected chi connectivity index (χ0v) is 14.9. The number of hydrogen-bond acceptors (Lipinski definition) is 5. The summed E-state index contributed by atoms with van der Waals surface area (Å²) < 4.78 is 6.28. The molecule has 0 atom stereocenters. The Morgan fingerprint density at radius 3 is 2.44 bits per heavy atom. The van der Waals surface area contributed by atoms with E-state index in [1.165, 1.54) is 11.8 Å². The second-order valence-electron chi connectivity index (χ2n) is 5.66. The van der Waals surface area contributed by atoms with Crippen LogP contribution in [0.4, 0.5) is 0 Å². The van der Waals surface area contributed by atoms with Gasteiger partial charge in [0, 0.05) is 17.5 Å². The van der Waals surface area contributed by atoms with Gasteiger partial charge >= 0.3 is 0 Å². The van der Waals surface area contributed by atoms with Gasteiger partial charge in [0.1, 0.15) is 5.75 Å². The third-order valence-corrected chi connectivity index (χ3v) is 4.00. The first-order valence-electron chi connectivity index (χ1n) is 8.29. The molecule has 27 heavy (non-hydrogen) atoms. The Balaban J connectivity index is 1.85. The van der Waals surface area contributed by atoms with E-state index in [-0.39, 0.29) is 11.3 Å². The van der Waals surface area contributed by atoms with Crippen molar-refractivity contribution >= 4 is 22.6 Å². The molecule has 3 aromatic rings. The molecule has 1 heterocycles. The van der Waals surface area contributed by atoms with Gasteiger partial charge in [-0.1, -0.05) is 24.3 Å². The van der Waals surface area contributed by atoms with Crippen molar-refractivity contribution in [1.82, 2.24) is 20.6 Å². The SMILES string of the molecule is CCn1nc(C(=O)NNC(=O)c2cccc(OC)c2)c2ccccc2c1=O. The van der Waals surface area contributed by atoms with Crippen molar-refractivity contribution < 1.29 is 14.3 Å². The molecule has 0 saturated carbocycles. The number of rotatable bonds is 4. The van der Waals surface area contributed by atoms with Gasteiger partial charge in [0.2, 0.25) is 0 Å². The Bertz CT molecular complexity index is 1070. The van der Waals surface area contributed by atoms with Crippen molar-refractivity contribution in [2.75, 3.05) is 7.11 Å². The number of hydrogen-bond donors (Lipinski definition) is 2. The Morgan fingerprint density at radius 2 is 1.74 bits per heavy atom. The van der Waals surface area contributed by atoms with Gasteiger partial charge in [0.05, 0.1) is 12.5 Å². The topological polar surface area (TPSA) is 102 Å². The van der Waals surface area contributed by atoms with Crippen LogP contribution >= 0.6 is 0 Å². The number of amides is 2. The first-order chi connectivity index (χ1) is 13.0. The molecule has 138 valence electrons. The summed E-state index contributed by atoms with van der Waals surface area (Å²) in [5, 5.41) is 4.92. The standard InChI is InChI=1S/C19H18N4O4/c1-3-23-19(26)15-10-5-4-9-14(15)16(22-23)18(25)21-20-17(24)12-7-6-8-13(11-12)27-2/h4-11H,3H2,1-2H3,(H,20,24)(H,21,25). The average molecular weight is 366 g/mol. The number of aromatic nitrogens is 2. The fourth-order valence-electron chi connectivity index (χ4n) is 2.63. The molecule has 0 bridgehead atoms. The van der Waals surface area contributed by atoms with E-state index in [2.05, 4.69) is 16.0 Å². The van der Waals surface area contributed by atoms with E-state index in [0.717, 1.165) is 0 Å². The Morgan fingerprint density at radius 1 is 1.04 bits per heavy atom. The summed E-state index contributed by atoms with van der Waals surface area (Å²) in [5.41, 5.74) is 4.79. The van der Waals surface area contributed by atoms with Gasteiger partial charge in [-0.15, -0.1) is 0 Å². The van der Waals surface area contributed by atoms with Crippen LogP contribution in [0.2, 0.25) is 0 Å². The Labute approximate surface area is 154 Å². The molecule has 2 aromatic carbocycles. The molecule has 0 saturated heterocycles. The van der Waals surface area contributed by atoms with Crippen LogP contribution in [-0.4, -0.2) is 28.7 Å². The molecule has 0 fully saturated rings. The summed E-state index contributed by atoms with van der Waals surface area (Å²) in [6.45, 7) is 2.08. The second-order valence-corrected chi connectivity index (χ2v) is 5.66. The number of nitrogens with zero attached hydrogens (tertiary/aromatic N) is 2. The Hall–Kier alpha value is -3.68. The molecular formula is C19H18N4O4. The van der Waals surface area contributed by atoms with Crippen molar-refractivity contribution in [2.45, 2.75) is 13.5 Å². The van der Waals surface area contributed by atoms with E-state index in [1.807, 2.05) is 0 Å². The summed E-state index contributed by atoms with van der Waals surface area (Å²) in [6.07, 6.45) is 0. The van der Waals surface area contributed by atoms with Crippen molar-refractivity contribution in [3.8, 4) is 5.75 Å². The van der Waals surface area contributed by atoms with Crippen LogP contribution in [0.25, 0.3) is 10.8 Å². The van der Waals surface area contributed by atoms with E-state index in [9.17, 15) is 14.4 Å². The van der Waals surface area contributed by atoms with Gasteiger partial charge in [-0.25, -0.2) is 4.68 Å². The van der Waals surface area contributed by atoms with Gasteiger partial charge in [-0.05, 0) is 31.2 Å². The van der Waals surface area contributed by atoms with E-state index >= 15 is 0 Å². The van der Waals surface area contributed by atoms with Gasteiger partial charge < -0.3 is 4.74 Å². The number of methoxy groups -OCH3 is 1. The average Bonchev–Trinajstić information content (AvgIpc) is 2.72. The maximum atomic E-state index is 12.6. The van der Waals surface area contributed by atoms with Crippen LogP contribution in [0.3, 0.4) is 0 Å². The number of hydrazine groups is 1. The van der Waals surface area contributed by atoms with Gasteiger partial charge in [-0.3, -0.25) is 25.2 Å². The highest BCUT2D eigenvalue weighted by atomic mass is 16.5. The van der Waals surface area contributed by atoms with Crippen LogP contribution in [0.1, 0.15) is 27.8 Å². The maximum absolute atomic E-state index is 12.6. The number of fused-ring (bicyclic) bond motifs is 1. The fourth-order valence-corrected chi connectivity index (χ4v) is 2.63. The third-order valence-electron chi connectivity index (χ3n) is 4.00. The van der Waals surface area contributed by atoms with E-state index in [4.69, 9.17) is 4.74 Å². The quantitative estimate of drug-likeness (QED) is 0.681. The highest BCUT2D eigenvalue weighted by Gasteiger charge is 2.17. The largest absolute Gasteiger partial charge is 0.497 e. The van der Waals surface area contributed by atoms with Crippen LogP contribution in [0.15, 0.2) is 53.3 Å². The lowest BCUT2D eigenvalue weighted by Crippen LogP contribution is -2.42. The molecule has 0 spiro atoms. The summed E-state index contributed by atoms with van der Waals surface area (Å²) in [4.78, 5) is 37.1. The van der Waals surface area contributed by atoms with Gasteiger partial charge in [0.15, 0.2) is 5.69 Å². The minimum absolute atomic E-state index is 0.0537. The first-order valence-corrected chi connectivity index (χ1v) is 8.29. The minimum atomic E-state index is -0.621. The fraction of sp³-hybridized carbons (Fsp3) is 0.158. The number of carbonyl (C=O) groups is 2. The van der Waals surface area contributed by atoms with Gasteiger partial charge in [0.25, 0.3) is 17.4 Å².